The van der Waals surface area contributed by atoms with Crippen LogP contribution in [-0.2, 0) is 55.1 Å². The lowest BCUT2D eigenvalue weighted by Crippen LogP contribution is -2.69. The van der Waals surface area contributed by atoms with E-state index in [0.29, 0.717) is 24.1 Å². The minimum absolute atomic E-state index is 0.0389. The first-order valence-electron chi connectivity index (χ1n) is 20.1. The highest BCUT2D eigenvalue weighted by Crippen LogP contribution is 2.56. The van der Waals surface area contributed by atoms with E-state index in [1.54, 1.807) is 27.7 Å². The van der Waals surface area contributed by atoms with Crippen molar-refractivity contribution < 1.29 is 56.5 Å². The highest BCUT2D eigenvalue weighted by molar-refractivity contribution is 8.14. The smallest absolute Gasteiger partial charge is 0.410 e. The predicted octanol–water partition coefficient (Wildman–Crippen LogP) is 7.85. The molecule has 18 nitrogen and oxygen atoms in total. The Morgan fingerprint density at radius 3 is 1.82 bits per heavy atom. The summed E-state index contributed by atoms with van der Waals surface area (Å²) >= 11 is 1.05. The van der Waals surface area contributed by atoms with Crippen molar-refractivity contribution in [2.24, 2.45) is 5.92 Å². The summed E-state index contributed by atoms with van der Waals surface area (Å²) in [5, 5.41) is 21.4. The maximum absolute atomic E-state index is 14.6. The summed E-state index contributed by atoms with van der Waals surface area (Å²) in [7, 11) is -6.28. The number of nitro benzene ring substituents is 2. The molecule has 2 saturated heterocycles. The second-order valence-corrected chi connectivity index (χ2v) is 24.3. The van der Waals surface area contributed by atoms with E-state index < -0.39 is 61.8 Å². The monoisotopic (exact) mass is 908 g/mol. The average molecular weight is 909 g/mol. The Bertz CT molecular complexity index is 1950. The summed E-state index contributed by atoms with van der Waals surface area (Å²) in [6.07, 6.45) is -0.950. The molecule has 2 aliphatic rings. The Morgan fingerprint density at radius 1 is 0.869 bits per heavy atom. The van der Waals surface area contributed by atoms with Crippen LogP contribution in [0.5, 0.6) is 0 Å². The minimum Gasteiger partial charge on any atom is -0.456 e. The standard InChI is InChI=1S/C40H57N4O14PSSi/c1-10-55-59(56-11-2,57-12-3)37(38(47)53-25-28-13-17-30(18-14-28)43(49)50)42-33(35(36(42)46)27(4)58-61(8,9)40(5,6)7)23-34(45)60-32-21-22-41(24-32)39(48)54-26-29-15-19-31(20-16-29)44(51)52/h13-20,27,32-33,35H,10-12,21-26H2,1-9H3/t27-,32+,33-,35-/m1/s1. The maximum atomic E-state index is 14.6. The van der Waals surface area contributed by atoms with Gasteiger partial charge in [-0.15, -0.1) is 0 Å². The number of ether oxygens (including phenoxy) is 2. The molecular formula is C40H57N4O14PSSi. The number of amides is 2. The summed E-state index contributed by atoms with van der Waals surface area (Å²) in [6.45, 7) is 17.5. The first-order chi connectivity index (χ1) is 28.7. The van der Waals surface area contributed by atoms with E-state index in [1.807, 2.05) is 0 Å². The lowest BCUT2D eigenvalue weighted by atomic mass is 9.81. The average Bonchev–Trinajstić information content (AvgIpc) is 3.66. The lowest BCUT2D eigenvalue weighted by molar-refractivity contribution is -0.385. The second-order valence-electron chi connectivity index (χ2n) is 16.0. The van der Waals surface area contributed by atoms with Gasteiger partial charge in [-0.2, -0.15) is 0 Å². The van der Waals surface area contributed by atoms with Crippen LogP contribution in [0.15, 0.2) is 48.5 Å². The van der Waals surface area contributed by atoms with Crippen LogP contribution in [0.1, 0.15) is 72.4 Å². The molecule has 0 aliphatic carbocycles. The molecule has 0 aromatic heterocycles. The number of nitrogens with zero attached hydrogens (tertiary/aromatic N) is 4. The number of thioether (sulfide) groups is 1. The Morgan fingerprint density at radius 2 is 1.36 bits per heavy atom. The first-order valence-corrected chi connectivity index (χ1v) is 25.5. The Hall–Kier alpha value is -4.17. The fourth-order valence-electron chi connectivity index (χ4n) is 6.69. The van der Waals surface area contributed by atoms with E-state index in [-0.39, 0.29) is 78.2 Å². The van der Waals surface area contributed by atoms with Crippen molar-refractivity contribution in [1.29, 1.82) is 0 Å². The number of hydrogen-bond acceptors (Lipinski definition) is 15. The molecule has 2 amide bonds. The molecule has 4 atom stereocenters. The number of β-lactam (4-membered cyclic amide) rings is 1. The van der Waals surface area contributed by atoms with Gasteiger partial charge in [-0.05, 0) is 87.6 Å². The molecule has 2 aromatic rings. The summed E-state index contributed by atoms with van der Waals surface area (Å²) in [5.74, 6) is -2.32. The third-order valence-corrected chi connectivity index (χ3v) is 19.2. The lowest BCUT2D eigenvalue weighted by Gasteiger charge is -2.52. The van der Waals surface area contributed by atoms with Gasteiger partial charge in [0.25, 0.3) is 18.9 Å². The van der Waals surface area contributed by atoms with E-state index in [2.05, 4.69) is 33.9 Å². The SMILES string of the molecule is CCOP(OCC)(OCC)=C(C(=O)OCc1ccc([N+](=O)[O-])cc1)N1C(=O)[C@H]([C@@H](C)O[Si](C)(C)C(C)(C)C)[C@H]1CC(=O)S[C@H]1CCN(C(=O)OCc2ccc([N+](=O)[O-])cc2)C1. The normalized spacial score (nSPS) is 18.6. The Labute approximate surface area is 361 Å². The number of benzene rings is 2. The topological polar surface area (TPSA) is 216 Å². The number of carbonyl (C=O) groups excluding carboxylic acids is 4. The van der Waals surface area contributed by atoms with Crippen LogP contribution < -0.4 is 0 Å². The number of esters is 1. The van der Waals surface area contributed by atoms with Gasteiger partial charge in [0.15, 0.2) is 13.4 Å². The van der Waals surface area contributed by atoms with Gasteiger partial charge in [0.1, 0.15) is 13.2 Å². The number of likely N-dealkylation sites (tertiary alicyclic amines) is 2. The molecule has 336 valence electrons. The molecule has 61 heavy (non-hydrogen) atoms. The molecule has 0 radical (unpaired) electrons. The third-order valence-electron chi connectivity index (χ3n) is 10.7. The van der Waals surface area contributed by atoms with Gasteiger partial charge < -0.3 is 32.4 Å². The molecule has 2 heterocycles. The van der Waals surface area contributed by atoms with Crippen LogP contribution in [0.3, 0.4) is 0 Å². The van der Waals surface area contributed by atoms with E-state index >= 15 is 0 Å². The van der Waals surface area contributed by atoms with Crippen LogP contribution in [0.25, 0.3) is 0 Å². The third kappa shape index (κ3) is 12.3. The van der Waals surface area contributed by atoms with Crippen molar-refractivity contribution in [3.05, 3.63) is 79.9 Å². The Kier molecular flexibility index (Phi) is 17.3. The quantitative estimate of drug-likeness (QED) is 0.0309. The highest BCUT2D eigenvalue weighted by Gasteiger charge is 2.58. The molecule has 0 spiro atoms. The fraction of sp³-hybridized carbons (Fsp3) is 0.575. The molecule has 2 fully saturated rings. The molecule has 0 N–H and O–H groups in total. The van der Waals surface area contributed by atoms with Crippen molar-refractivity contribution in [2.45, 2.75) is 110 Å². The van der Waals surface area contributed by atoms with Crippen molar-refractivity contribution in [3.63, 3.8) is 0 Å². The van der Waals surface area contributed by atoms with Crippen molar-refractivity contribution >= 4 is 67.5 Å². The van der Waals surface area contributed by atoms with Gasteiger partial charge in [-0.25, -0.2) is 9.59 Å². The molecular weight excluding hydrogens is 852 g/mol. The second kappa shape index (κ2) is 21.3. The number of rotatable bonds is 20. The summed E-state index contributed by atoms with van der Waals surface area (Å²) in [6, 6.07) is 10.3. The number of hydrogen-bond donors (Lipinski definition) is 0. The predicted molar refractivity (Wildman–Crippen MR) is 232 cm³/mol. The molecule has 2 aromatic carbocycles. The van der Waals surface area contributed by atoms with Crippen LogP contribution >= 0.6 is 19.3 Å². The molecule has 0 bridgehead atoms. The largest absolute Gasteiger partial charge is 0.456 e. The van der Waals surface area contributed by atoms with Gasteiger partial charge in [0.2, 0.25) is 11.3 Å². The number of nitro groups is 2. The summed E-state index contributed by atoms with van der Waals surface area (Å²) < 4.78 is 36.4. The molecule has 0 unspecified atom stereocenters. The van der Waals surface area contributed by atoms with Crippen LogP contribution in [0.4, 0.5) is 16.2 Å². The van der Waals surface area contributed by atoms with Gasteiger partial charge in [-0.3, -0.25) is 34.7 Å². The molecule has 2 aliphatic heterocycles. The maximum Gasteiger partial charge on any atom is 0.410 e. The van der Waals surface area contributed by atoms with Crippen LogP contribution in [0, 0.1) is 26.1 Å². The zero-order valence-corrected chi connectivity index (χ0v) is 38.9. The van der Waals surface area contributed by atoms with Gasteiger partial charge >= 0.3 is 12.1 Å². The first kappa shape index (κ1) is 49.5. The number of carbonyl (C=O) groups is 4. The van der Waals surface area contributed by atoms with Crippen LogP contribution in [-0.4, -0.2) is 107 Å². The van der Waals surface area contributed by atoms with Gasteiger partial charge in [0, 0.05) is 49.0 Å². The molecule has 21 heteroatoms. The minimum atomic E-state index is -3.83. The molecule has 0 saturated carbocycles. The van der Waals surface area contributed by atoms with Crippen LogP contribution in [0.2, 0.25) is 18.1 Å². The number of non-ortho nitro benzene ring substituents is 2. The van der Waals surface area contributed by atoms with Gasteiger partial charge in [0.05, 0.1) is 47.7 Å². The van der Waals surface area contributed by atoms with E-state index in [1.165, 1.54) is 58.3 Å². The van der Waals surface area contributed by atoms with Crippen molar-refractivity contribution in [1.82, 2.24) is 9.80 Å². The van der Waals surface area contributed by atoms with E-state index in [4.69, 9.17) is 27.5 Å². The van der Waals surface area contributed by atoms with E-state index in [9.17, 15) is 39.4 Å². The van der Waals surface area contributed by atoms with Crippen molar-refractivity contribution in [2.75, 3.05) is 32.9 Å². The van der Waals surface area contributed by atoms with Crippen molar-refractivity contribution in [3.8, 4) is 0 Å². The molecule has 4 rings (SSSR count). The summed E-state index contributed by atoms with van der Waals surface area (Å²) in [5.41, 5.74) is 0.505. The zero-order chi connectivity index (χ0) is 45.3. The highest BCUT2D eigenvalue weighted by atomic mass is 32.2. The fourth-order valence-corrected chi connectivity index (χ4v) is 11.7. The zero-order valence-electron chi connectivity index (χ0n) is 36.2. The Balaban J connectivity index is 1.62. The van der Waals surface area contributed by atoms with Gasteiger partial charge in [-0.1, -0.05) is 32.5 Å². The summed E-state index contributed by atoms with van der Waals surface area (Å²) in [4.78, 5) is 79.9. The van der Waals surface area contributed by atoms with E-state index in [0.717, 1.165) is 11.8 Å².